The molecule has 3 rings (SSSR count). The van der Waals surface area contributed by atoms with Crippen molar-refractivity contribution in [2.45, 2.75) is 25.2 Å². The van der Waals surface area contributed by atoms with Gasteiger partial charge in [-0.2, -0.15) is 0 Å². The van der Waals surface area contributed by atoms with Crippen LogP contribution in [0.4, 0.5) is 0 Å². The van der Waals surface area contributed by atoms with E-state index in [2.05, 4.69) is 0 Å². The van der Waals surface area contributed by atoms with E-state index in [1.807, 2.05) is 24.3 Å². The third-order valence-electron chi connectivity index (χ3n) is 3.75. The van der Waals surface area contributed by atoms with Crippen LogP contribution in [0.25, 0.3) is 0 Å². The van der Waals surface area contributed by atoms with E-state index in [1.165, 1.54) is 16.7 Å². The molecule has 0 saturated heterocycles. The van der Waals surface area contributed by atoms with E-state index < -0.39 is 0 Å². The molecule has 0 bridgehead atoms. The van der Waals surface area contributed by atoms with Crippen LogP contribution in [0.1, 0.15) is 29.0 Å². The van der Waals surface area contributed by atoms with E-state index in [4.69, 9.17) is 0 Å². The van der Waals surface area contributed by atoms with Crippen LogP contribution in [-0.4, -0.2) is 10.2 Å². The van der Waals surface area contributed by atoms with Crippen LogP contribution in [0.5, 0.6) is 11.5 Å². The molecule has 0 heterocycles. The van der Waals surface area contributed by atoms with Crippen LogP contribution < -0.4 is 0 Å². The first-order valence-electron chi connectivity index (χ1n) is 6.32. The van der Waals surface area contributed by atoms with Gasteiger partial charge in [0.1, 0.15) is 11.5 Å². The Morgan fingerprint density at radius 3 is 2.44 bits per heavy atom. The normalized spacial score (nSPS) is 17.7. The Labute approximate surface area is 107 Å². The summed E-state index contributed by atoms with van der Waals surface area (Å²) in [5, 5.41) is 18.8. The molecule has 2 N–H and O–H groups in total. The number of aryl methyl sites for hydroxylation is 1. The molecular formula is C16H16O2. The minimum absolute atomic E-state index is 0.315. The molecule has 0 spiro atoms. The molecule has 1 aliphatic rings. The van der Waals surface area contributed by atoms with Gasteiger partial charge in [-0.05, 0) is 66.1 Å². The first kappa shape index (κ1) is 11.1. The van der Waals surface area contributed by atoms with Gasteiger partial charge in [-0.3, -0.25) is 0 Å². The molecule has 0 fully saturated rings. The Hall–Kier alpha value is -1.96. The largest absolute Gasteiger partial charge is 0.508 e. The van der Waals surface area contributed by atoms with Crippen molar-refractivity contribution < 1.29 is 10.2 Å². The molecule has 1 aliphatic carbocycles. The second-order valence-corrected chi connectivity index (χ2v) is 4.99. The quantitative estimate of drug-likeness (QED) is 0.845. The van der Waals surface area contributed by atoms with Crippen molar-refractivity contribution in [1.29, 1.82) is 0 Å². The summed E-state index contributed by atoms with van der Waals surface area (Å²) in [4.78, 5) is 0. The zero-order valence-electron chi connectivity index (χ0n) is 10.1. The number of aromatic hydroxyl groups is 2. The molecule has 2 heteroatoms. The molecule has 1 atom stereocenters. The molecule has 0 radical (unpaired) electrons. The lowest BCUT2D eigenvalue weighted by molar-refractivity contribution is 0.474. The van der Waals surface area contributed by atoms with Crippen molar-refractivity contribution in [2.75, 3.05) is 0 Å². The molecule has 0 aliphatic heterocycles. The highest BCUT2D eigenvalue weighted by atomic mass is 16.3. The fourth-order valence-corrected chi connectivity index (χ4v) is 2.82. The van der Waals surface area contributed by atoms with Gasteiger partial charge in [0.25, 0.3) is 0 Å². The maximum atomic E-state index is 9.48. The zero-order valence-corrected chi connectivity index (χ0v) is 10.1. The van der Waals surface area contributed by atoms with Crippen molar-refractivity contribution in [3.63, 3.8) is 0 Å². The van der Waals surface area contributed by atoms with Gasteiger partial charge in [0.05, 0.1) is 0 Å². The summed E-state index contributed by atoms with van der Waals surface area (Å²) < 4.78 is 0. The minimum atomic E-state index is 0.315. The fourth-order valence-electron chi connectivity index (χ4n) is 2.82. The van der Waals surface area contributed by atoms with E-state index in [0.717, 1.165) is 19.3 Å². The van der Waals surface area contributed by atoms with E-state index in [-0.39, 0.29) is 0 Å². The predicted octanol–water partition coefficient (Wildman–Crippen LogP) is 3.37. The topological polar surface area (TPSA) is 40.5 Å². The van der Waals surface area contributed by atoms with E-state index in [9.17, 15) is 10.2 Å². The van der Waals surface area contributed by atoms with Crippen LogP contribution in [0.15, 0.2) is 42.5 Å². The number of hydrogen-bond acceptors (Lipinski definition) is 2. The summed E-state index contributed by atoms with van der Waals surface area (Å²) >= 11 is 0. The maximum absolute atomic E-state index is 9.48. The highest BCUT2D eigenvalue weighted by molar-refractivity contribution is 5.41. The van der Waals surface area contributed by atoms with E-state index >= 15 is 0 Å². The maximum Gasteiger partial charge on any atom is 0.115 e. The van der Waals surface area contributed by atoms with Crippen LogP contribution in [0, 0.1) is 0 Å². The van der Waals surface area contributed by atoms with Crippen molar-refractivity contribution >= 4 is 0 Å². The van der Waals surface area contributed by atoms with Crippen LogP contribution in [-0.2, 0) is 12.8 Å². The summed E-state index contributed by atoms with van der Waals surface area (Å²) in [5.74, 6) is 1.21. The number of phenolic OH excluding ortho intramolecular Hbond substituents is 2. The van der Waals surface area contributed by atoms with Crippen LogP contribution in [0.3, 0.4) is 0 Å². The van der Waals surface area contributed by atoms with Crippen molar-refractivity contribution in [3.8, 4) is 11.5 Å². The van der Waals surface area contributed by atoms with Gasteiger partial charge in [-0.25, -0.2) is 0 Å². The Bertz CT molecular complexity index is 558. The Morgan fingerprint density at radius 1 is 0.944 bits per heavy atom. The lowest BCUT2D eigenvalue weighted by Crippen LogP contribution is -1.98. The third-order valence-corrected chi connectivity index (χ3v) is 3.75. The molecule has 18 heavy (non-hydrogen) atoms. The van der Waals surface area contributed by atoms with Crippen LogP contribution in [0.2, 0.25) is 0 Å². The Morgan fingerprint density at radius 2 is 1.67 bits per heavy atom. The minimum Gasteiger partial charge on any atom is -0.508 e. The second kappa shape index (κ2) is 4.37. The van der Waals surface area contributed by atoms with E-state index in [0.29, 0.717) is 17.4 Å². The van der Waals surface area contributed by atoms with Gasteiger partial charge in [0, 0.05) is 0 Å². The molecule has 2 aromatic carbocycles. The summed E-state index contributed by atoms with van der Waals surface area (Å²) in [6.07, 6.45) is 3.18. The average Bonchev–Trinajstić information content (AvgIpc) is 2.74. The monoisotopic (exact) mass is 240 g/mol. The summed E-state index contributed by atoms with van der Waals surface area (Å²) in [6.45, 7) is 0. The Balaban J connectivity index is 1.82. The average molecular weight is 240 g/mol. The van der Waals surface area contributed by atoms with Gasteiger partial charge < -0.3 is 10.2 Å². The number of fused-ring (bicyclic) bond motifs is 1. The van der Waals surface area contributed by atoms with Gasteiger partial charge in [-0.15, -0.1) is 0 Å². The molecule has 0 unspecified atom stereocenters. The van der Waals surface area contributed by atoms with Crippen LogP contribution >= 0.6 is 0 Å². The molecule has 92 valence electrons. The van der Waals surface area contributed by atoms with Gasteiger partial charge in [0.2, 0.25) is 0 Å². The van der Waals surface area contributed by atoms with Gasteiger partial charge >= 0.3 is 0 Å². The van der Waals surface area contributed by atoms with Crippen molar-refractivity contribution in [3.05, 3.63) is 59.2 Å². The molecule has 2 nitrogen and oxygen atoms in total. The molecule has 0 aromatic heterocycles. The van der Waals surface area contributed by atoms with Crippen molar-refractivity contribution in [2.24, 2.45) is 0 Å². The third kappa shape index (κ3) is 2.06. The highest BCUT2D eigenvalue weighted by Crippen LogP contribution is 2.37. The number of rotatable bonds is 2. The summed E-state index contributed by atoms with van der Waals surface area (Å²) in [5.41, 5.74) is 3.89. The second-order valence-electron chi connectivity index (χ2n) is 4.99. The van der Waals surface area contributed by atoms with Gasteiger partial charge in [-0.1, -0.05) is 18.2 Å². The predicted molar refractivity (Wildman–Crippen MR) is 71.0 cm³/mol. The van der Waals surface area contributed by atoms with E-state index in [1.54, 1.807) is 18.2 Å². The highest BCUT2D eigenvalue weighted by Gasteiger charge is 2.22. The number of phenols is 2. The lowest BCUT2D eigenvalue weighted by Gasteiger charge is -2.11. The molecule has 0 amide bonds. The smallest absolute Gasteiger partial charge is 0.115 e. The molecule has 0 saturated carbocycles. The van der Waals surface area contributed by atoms with Crippen molar-refractivity contribution in [1.82, 2.24) is 0 Å². The Kier molecular flexibility index (Phi) is 2.71. The lowest BCUT2D eigenvalue weighted by atomic mass is 9.93. The molecular weight excluding hydrogens is 224 g/mol. The number of benzene rings is 2. The zero-order chi connectivity index (χ0) is 12.5. The SMILES string of the molecule is Oc1ccc(C[C@H]2CCc3cc(O)ccc32)cc1. The standard InChI is InChI=1S/C16H16O2/c17-14-5-1-11(2-6-14)9-12-3-4-13-10-15(18)7-8-16(12)13/h1-2,5-8,10,12,17-18H,3-4,9H2/t12-/m1/s1. The fraction of sp³-hybridized carbons (Fsp3) is 0.250. The first-order valence-corrected chi connectivity index (χ1v) is 6.32. The molecule has 2 aromatic rings. The van der Waals surface area contributed by atoms with Gasteiger partial charge in [0.15, 0.2) is 0 Å². The summed E-state index contributed by atoms with van der Waals surface area (Å²) in [7, 11) is 0. The first-order chi connectivity index (χ1) is 8.72. The summed E-state index contributed by atoms with van der Waals surface area (Å²) in [6, 6.07) is 13.1. The number of hydrogen-bond donors (Lipinski definition) is 2.